The van der Waals surface area contributed by atoms with Crippen molar-refractivity contribution in [2.24, 2.45) is 0 Å². The first-order chi connectivity index (χ1) is 19.0. The monoisotopic (exact) mass is 584 g/mol. The maximum absolute atomic E-state index is 13.4. The number of nitrogens with one attached hydrogen (secondary N) is 1. The van der Waals surface area contributed by atoms with Gasteiger partial charge >= 0.3 is 5.97 Å². The number of aliphatic hydroxyl groups excluding tert-OH is 1. The highest BCUT2D eigenvalue weighted by Gasteiger charge is 2.54. The number of amides is 2. The summed E-state index contributed by atoms with van der Waals surface area (Å²) in [5, 5.41) is 15.9. The second-order valence-corrected chi connectivity index (χ2v) is 11.8. The van der Waals surface area contributed by atoms with Gasteiger partial charge in [0.1, 0.15) is 39.4 Å². The third-order valence-corrected chi connectivity index (χ3v) is 9.57. The van der Waals surface area contributed by atoms with Gasteiger partial charge in [-0.25, -0.2) is 4.79 Å². The summed E-state index contributed by atoms with van der Waals surface area (Å²) in [6.07, 6.45) is 0.151. The first-order valence-corrected chi connectivity index (χ1v) is 14.5. The van der Waals surface area contributed by atoms with Gasteiger partial charge in [-0.05, 0) is 34.8 Å². The van der Waals surface area contributed by atoms with Crippen LogP contribution < -0.4 is 10.1 Å². The smallest absolute Gasteiger partial charge is 0.356 e. The van der Waals surface area contributed by atoms with Gasteiger partial charge in [-0.15, -0.1) is 16.9 Å². The molecular weight excluding hydrogens is 561 g/mol. The highest BCUT2D eigenvalue weighted by atomic mass is 32.2. The van der Waals surface area contributed by atoms with Crippen LogP contribution in [0.3, 0.4) is 0 Å². The average molecular weight is 585 g/mol. The third kappa shape index (κ3) is 5.96. The van der Waals surface area contributed by atoms with Crippen LogP contribution in [0, 0.1) is 0 Å². The number of carbonyl (C=O) groups is 3. The van der Waals surface area contributed by atoms with Crippen LogP contribution in [-0.2, 0) is 38.8 Å². The van der Waals surface area contributed by atoms with E-state index in [4.69, 9.17) is 9.47 Å². The molecule has 2 N–H and O–H groups in total. The molecule has 10 nitrogen and oxygen atoms in total. The number of aromatic nitrogens is 2. The van der Waals surface area contributed by atoms with Crippen LogP contribution in [0.1, 0.15) is 16.8 Å². The van der Waals surface area contributed by atoms with E-state index < -0.39 is 17.4 Å². The number of carbonyl (C=O) groups excluding carboxylic acids is 3. The predicted molar refractivity (Wildman–Crippen MR) is 147 cm³/mol. The number of aliphatic hydroxyl groups is 1. The zero-order valence-corrected chi connectivity index (χ0v) is 23.2. The van der Waals surface area contributed by atoms with E-state index in [1.54, 1.807) is 31.4 Å². The standard InChI is InChI=1S/C26H24N4O6S3/c1-35-17-9-7-16(8-10-17)13-36-25(34)22-19(38-26-18(12-31)28-29-39-26)14-37-24-21(23(33)30(22)24)27-20(32)11-15-5-3-2-4-6-15/h2-10,21,24,31H,11-14H2,1H3,(H,27,32)/t21-,24-/m1/s1. The van der Waals surface area contributed by atoms with Crippen molar-refractivity contribution in [2.45, 2.75) is 35.3 Å². The Labute approximate surface area is 236 Å². The van der Waals surface area contributed by atoms with Gasteiger partial charge < -0.3 is 19.9 Å². The maximum atomic E-state index is 13.4. The topological polar surface area (TPSA) is 131 Å². The van der Waals surface area contributed by atoms with Crippen molar-refractivity contribution >= 4 is 52.8 Å². The molecule has 5 rings (SSSR count). The minimum atomic E-state index is -0.750. The Morgan fingerprint density at radius 3 is 2.64 bits per heavy atom. The zero-order valence-electron chi connectivity index (χ0n) is 20.7. The normalized spacial score (nSPS) is 18.3. The van der Waals surface area contributed by atoms with Crippen LogP contribution in [-0.4, -0.2) is 61.7 Å². The first kappa shape index (κ1) is 27.2. The molecule has 0 spiro atoms. The molecular formula is C26H24N4O6S3. The Hall–Kier alpha value is -3.39. The lowest BCUT2D eigenvalue weighted by Crippen LogP contribution is -2.70. The molecule has 1 aromatic heterocycles. The fraction of sp³-hybridized carbons (Fsp3) is 0.269. The van der Waals surface area contributed by atoms with Gasteiger partial charge in [0.05, 0.1) is 20.1 Å². The molecule has 13 heteroatoms. The number of methoxy groups -OCH3 is 1. The van der Waals surface area contributed by atoms with Gasteiger partial charge in [0.25, 0.3) is 5.91 Å². The molecule has 2 amide bonds. The number of nitrogens with zero attached hydrogens (tertiary/aromatic N) is 3. The van der Waals surface area contributed by atoms with Crippen molar-refractivity contribution in [2.75, 3.05) is 12.9 Å². The second-order valence-electron chi connectivity index (χ2n) is 8.58. The van der Waals surface area contributed by atoms with Crippen LogP contribution in [0.4, 0.5) is 0 Å². The lowest BCUT2D eigenvalue weighted by atomic mass is 10.0. The Balaban J connectivity index is 1.34. The molecule has 2 aliphatic heterocycles. The van der Waals surface area contributed by atoms with E-state index in [0.29, 0.717) is 26.3 Å². The number of benzene rings is 2. The zero-order chi connectivity index (χ0) is 27.4. The van der Waals surface area contributed by atoms with Crippen LogP contribution in [0.25, 0.3) is 0 Å². The minimum Gasteiger partial charge on any atom is -0.497 e. The summed E-state index contributed by atoms with van der Waals surface area (Å²) < 4.78 is 15.3. The van der Waals surface area contributed by atoms with E-state index in [1.165, 1.54) is 28.4 Å². The Morgan fingerprint density at radius 1 is 1.15 bits per heavy atom. The number of β-lactam (4-membered cyclic amide) rings is 1. The Kier molecular flexibility index (Phi) is 8.50. The molecule has 0 radical (unpaired) electrons. The number of ether oxygens (including phenoxy) is 2. The fourth-order valence-electron chi connectivity index (χ4n) is 4.09. The largest absolute Gasteiger partial charge is 0.497 e. The van der Waals surface area contributed by atoms with Crippen molar-refractivity contribution in [1.29, 1.82) is 0 Å². The van der Waals surface area contributed by atoms with Crippen molar-refractivity contribution in [3.63, 3.8) is 0 Å². The number of thioether (sulfide) groups is 2. The number of esters is 1. The molecule has 202 valence electrons. The number of fused-ring (bicyclic) bond motifs is 1. The summed E-state index contributed by atoms with van der Waals surface area (Å²) >= 11 is 3.79. The number of hydrogen-bond donors (Lipinski definition) is 2. The van der Waals surface area contributed by atoms with Crippen LogP contribution in [0.15, 0.2) is 69.4 Å². The van der Waals surface area contributed by atoms with Gasteiger partial charge in [-0.1, -0.05) is 58.7 Å². The molecule has 0 bridgehead atoms. The van der Waals surface area contributed by atoms with E-state index in [-0.39, 0.29) is 37.1 Å². The van der Waals surface area contributed by atoms with Gasteiger partial charge in [0.15, 0.2) is 0 Å². The Morgan fingerprint density at radius 2 is 1.92 bits per heavy atom. The fourth-order valence-corrected chi connectivity index (χ4v) is 7.42. The van der Waals surface area contributed by atoms with E-state index in [0.717, 1.165) is 22.7 Å². The molecule has 2 aromatic carbocycles. The first-order valence-electron chi connectivity index (χ1n) is 11.9. The lowest BCUT2D eigenvalue weighted by Gasteiger charge is -2.49. The number of hydrogen-bond acceptors (Lipinski definition) is 11. The lowest BCUT2D eigenvalue weighted by molar-refractivity contribution is -0.153. The molecule has 39 heavy (non-hydrogen) atoms. The van der Waals surface area contributed by atoms with Crippen molar-refractivity contribution in [1.82, 2.24) is 19.8 Å². The minimum absolute atomic E-state index is 0.00532. The van der Waals surface area contributed by atoms with E-state index >= 15 is 0 Å². The highest BCUT2D eigenvalue weighted by molar-refractivity contribution is 8.07. The van der Waals surface area contributed by atoms with Crippen LogP contribution in [0.2, 0.25) is 0 Å². The summed E-state index contributed by atoms with van der Waals surface area (Å²) in [6.45, 7) is -0.289. The van der Waals surface area contributed by atoms with Crippen LogP contribution >= 0.6 is 35.1 Å². The van der Waals surface area contributed by atoms with Gasteiger partial charge in [0, 0.05) is 10.7 Å². The summed E-state index contributed by atoms with van der Waals surface area (Å²) in [4.78, 5) is 41.3. The number of rotatable bonds is 10. The summed E-state index contributed by atoms with van der Waals surface area (Å²) in [6, 6.07) is 15.6. The van der Waals surface area contributed by atoms with E-state index in [2.05, 4.69) is 14.9 Å². The van der Waals surface area contributed by atoms with Gasteiger partial charge in [0.2, 0.25) is 5.91 Å². The molecule has 1 saturated heterocycles. The Bertz CT molecular complexity index is 1400. The van der Waals surface area contributed by atoms with E-state index in [9.17, 15) is 19.5 Å². The SMILES string of the molecule is COc1ccc(COC(=O)C2=C(Sc3snnc3CO)CS[C@@H]3[C@H](NC(=O)Cc4ccccc4)C(=O)N23)cc1. The van der Waals surface area contributed by atoms with Gasteiger partial charge in [-0.2, -0.15) is 0 Å². The molecule has 3 heterocycles. The molecule has 2 aliphatic rings. The third-order valence-electron chi connectivity index (χ3n) is 6.07. The second kappa shape index (κ2) is 12.2. The summed E-state index contributed by atoms with van der Waals surface area (Å²) in [5.41, 5.74) is 2.13. The molecule has 0 aliphatic carbocycles. The average Bonchev–Trinajstić information content (AvgIpc) is 3.42. The van der Waals surface area contributed by atoms with Gasteiger partial charge in [-0.3, -0.25) is 14.5 Å². The molecule has 0 saturated carbocycles. The summed E-state index contributed by atoms with van der Waals surface area (Å²) in [7, 11) is 1.57. The summed E-state index contributed by atoms with van der Waals surface area (Å²) in [5.74, 6) is -0.212. The maximum Gasteiger partial charge on any atom is 0.356 e. The van der Waals surface area contributed by atoms with Crippen molar-refractivity contribution in [3.8, 4) is 5.75 Å². The van der Waals surface area contributed by atoms with Crippen LogP contribution in [0.5, 0.6) is 5.75 Å². The molecule has 0 unspecified atom stereocenters. The molecule has 3 aromatic rings. The quantitative estimate of drug-likeness (QED) is 0.271. The highest BCUT2D eigenvalue weighted by Crippen LogP contribution is 2.46. The molecule has 1 fully saturated rings. The van der Waals surface area contributed by atoms with Crippen molar-refractivity contribution < 1.29 is 29.0 Å². The molecule has 2 atom stereocenters. The van der Waals surface area contributed by atoms with Crippen molar-refractivity contribution in [3.05, 3.63) is 82.0 Å². The van der Waals surface area contributed by atoms with E-state index in [1.807, 2.05) is 30.3 Å². The predicted octanol–water partition coefficient (Wildman–Crippen LogP) is 2.73.